The Morgan fingerprint density at radius 2 is 2.00 bits per heavy atom. The van der Waals surface area contributed by atoms with Crippen molar-refractivity contribution in [3.8, 4) is 17.0 Å². The van der Waals surface area contributed by atoms with Crippen LogP contribution in [0.2, 0.25) is 0 Å². The Kier molecular flexibility index (Phi) is 4.18. The molecule has 29 heavy (non-hydrogen) atoms. The second kappa shape index (κ2) is 6.99. The van der Waals surface area contributed by atoms with E-state index in [0.717, 1.165) is 15.8 Å². The minimum atomic E-state index is -0.276. The fourth-order valence-electron chi connectivity index (χ4n) is 3.09. The van der Waals surface area contributed by atoms with Gasteiger partial charge in [-0.1, -0.05) is 41.7 Å². The molecule has 1 N–H and O–H groups in total. The molecule has 3 aromatic heterocycles. The molecule has 5 rings (SSSR count). The van der Waals surface area contributed by atoms with Crippen molar-refractivity contribution >= 4 is 43.7 Å². The lowest BCUT2D eigenvalue weighted by atomic mass is 10.1. The van der Waals surface area contributed by atoms with Crippen molar-refractivity contribution in [1.29, 1.82) is 0 Å². The number of hydrogen-bond donors (Lipinski definition) is 1. The van der Waals surface area contributed by atoms with Gasteiger partial charge in [-0.2, -0.15) is 0 Å². The molecular weight excluding hydrogens is 388 g/mol. The summed E-state index contributed by atoms with van der Waals surface area (Å²) in [5, 5.41) is 3.33. The van der Waals surface area contributed by atoms with E-state index in [1.807, 2.05) is 30.3 Å². The molecule has 8 heteroatoms. The van der Waals surface area contributed by atoms with Crippen LogP contribution in [-0.2, 0) is 0 Å². The van der Waals surface area contributed by atoms with Crippen LogP contribution in [0.3, 0.4) is 0 Å². The molecular formula is C21H14N4O3S. The third-order valence-electron chi connectivity index (χ3n) is 4.48. The lowest BCUT2D eigenvalue weighted by Crippen LogP contribution is -2.11. The molecule has 0 aliphatic carbocycles. The van der Waals surface area contributed by atoms with E-state index < -0.39 is 0 Å². The normalized spacial score (nSPS) is 11.1. The number of carbonyl (C=O) groups is 1. The molecule has 142 valence electrons. The maximum absolute atomic E-state index is 12.7. The Balaban J connectivity index is 1.54. The van der Waals surface area contributed by atoms with Crippen molar-refractivity contribution in [2.75, 3.05) is 12.4 Å². The molecule has 7 nitrogen and oxygen atoms in total. The number of ether oxygens (including phenoxy) is 1. The van der Waals surface area contributed by atoms with Crippen LogP contribution in [0.25, 0.3) is 32.4 Å². The van der Waals surface area contributed by atoms with E-state index >= 15 is 0 Å². The first-order valence-electron chi connectivity index (χ1n) is 8.76. The number of carbonyl (C=O) groups excluding carboxylic acids is 1. The van der Waals surface area contributed by atoms with Gasteiger partial charge >= 0.3 is 0 Å². The summed E-state index contributed by atoms with van der Waals surface area (Å²) in [6.45, 7) is 0. The molecule has 5 aromatic rings. The molecule has 0 saturated heterocycles. The number of oxazole rings is 1. The second-order valence-electron chi connectivity index (χ2n) is 6.23. The average Bonchev–Trinajstić information content (AvgIpc) is 3.39. The molecule has 1 amide bonds. The molecule has 0 fully saturated rings. The predicted molar refractivity (Wildman–Crippen MR) is 111 cm³/mol. The molecule has 0 saturated carbocycles. The van der Waals surface area contributed by atoms with Crippen molar-refractivity contribution in [3.63, 3.8) is 0 Å². The number of pyridine rings is 1. The monoisotopic (exact) mass is 402 g/mol. The largest absolute Gasteiger partial charge is 0.479 e. The molecule has 0 spiro atoms. The van der Waals surface area contributed by atoms with E-state index in [0.29, 0.717) is 33.2 Å². The van der Waals surface area contributed by atoms with Crippen LogP contribution in [0, 0.1) is 0 Å². The Labute approximate surface area is 169 Å². The van der Waals surface area contributed by atoms with E-state index in [2.05, 4.69) is 20.3 Å². The minimum absolute atomic E-state index is 0.276. The summed E-state index contributed by atoms with van der Waals surface area (Å²) >= 11 is 1.38. The number of amides is 1. The van der Waals surface area contributed by atoms with Gasteiger partial charge in [-0.25, -0.2) is 15.0 Å². The number of fused-ring (bicyclic) bond motifs is 2. The van der Waals surface area contributed by atoms with Gasteiger partial charge in [-0.3, -0.25) is 10.1 Å². The van der Waals surface area contributed by atoms with Crippen molar-refractivity contribution in [2.45, 2.75) is 0 Å². The summed E-state index contributed by atoms with van der Waals surface area (Å²) in [5.41, 5.74) is 4.29. The molecule has 3 heterocycles. The van der Waals surface area contributed by atoms with Crippen LogP contribution in [0.15, 0.2) is 65.5 Å². The topological polar surface area (TPSA) is 90.1 Å². The van der Waals surface area contributed by atoms with Gasteiger partial charge in [0.1, 0.15) is 11.0 Å². The Bertz CT molecular complexity index is 1340. The van der Waals surface area contributed by atoms with Crippen LogP contribution in [0.5, 0.6) is 5.88 Å². The van der Waals surface area contributed by atoms with Gasteiger partial charge in [0.15, 0.2) is 17.1 Å². The first-order chi connectivity index (χ1) is 14.2. The molecule has 0 radical (unpaired) electrons. The van der Waals surface area contributed by atoms with Gasteiger partial charge in [0.25, 0.3) is 5.91 Å². The third-order valence-corrected chi connectivity index (χ3v) is 5.48. The first kappa shape index (κ1) is 17.3. The van der Waals surface area contributed by atoms with E-state index in [9.17, 15) is 4.79 Å². The molecule has 0 aliphatic heterocycles. The van der Waals surface area contributed by atoms with E-state index in [-0.39, 0.29) is 5.91 Å². The summed E-state index contributed by atoms with van der Waals surface area (Å²) in [7, 11) is 1.55. The molecule has 0 bridgehead atoms. The van der Waals surface area contributed by atoms with E-state index in [1.54, 1.807) is 31.5 Å². The van der Waals surface area contributed by atoms with Gasteiger partial charge < -0.3 is 9.15 Å². The lowest BCUT2D eigenvalue weighted by Gasteiger charge is -2.04. The van der Waals surface area contributed by atoms with Gasteiger partial charge in [0.05, 0.1) is 11.8 Å². The molecule has 0 atom stereocenters. The van der Waals surface area contributed by atoms with Crippen LogP contribution in [0.4, 0.5) is 5.13 Å². The number of thiazole rings is 1. The summed E-state index contributed by atoms with van der Waals surface area (Å²) in [5.74, 6) is 0.141. The predicted octanol–water partition coefficient (Wildman–Crippen LogP) is 4.76. The number of methoxy groups -OCH3 is 1. The van der Waals surface area contributed by atoms with Gasteiger partial charge in [-0.15, -0.1) is 0 Å². The summed E-state index contributed by atoms with van der Waals surface area (Å²) in [6, 6.07) is 15.0. The fourth-order valence-corrected chi connectivity index (χ4v) is 4.07. The Hall–Kier alpha value is -3.78. The highest BCUT2D eigenvalue weighted by Gasteiger charge is 2.17. The third kappa shape index (κ3) is 3.09. The first-order valence-corrected chi connectivity index (χ1v) is 9.58. The number of benzene rings is 2. The second-order valence-corrected chi connectivity index (χ2v) is 7.23. The number of rotatable bonds is 4. The maximum Gasteiger partial charge on any atom is 0.257 e. The smallest absolute Gasteiger partial charge is 0.257 e. The number of anilines is 1. The highest BCUT2D eigenvalue weighted by atomic mass is 32.1. The number of aromatic nitrogens is 3. The Morgan fingerprint density at radius 1 is 1.14 bits per heavy atom. The highest BCUT2D eigenvalue weighted by Crippen LogP contribution is 2.38. The summed E-state index contributed by atoms with van der Waals surface area (Å²) in [6.07, 6.45) is 3.11. The van der Waals surface area contributed by atoms with Crippen LogP contribution in [0.1, 0.15) is 10.4 Å². The zero-order chi connectivity index (χ0) is 19.8. The van der Waals surface area contributed by atoms with Gasteiger partial charge in [0.2, 0.25) is 5.88 Å². The number of hydrogen-bond acceptors (Lipinski definition) is 7. The average molecular weight is 402 g/mol. The highest BCUT2D eigenvalue weighted by molar-refractivity contribution is 7.23. The van der Waals surface area contributed by atoms with Gasteiger partial charge in [0, 0.05) is 17.3 Å². The van der Waals surface area contributed by atoms with E-state index in [1.165, 1.54) is 17.7 Å². The lowest BCUT2D eigenvalue weighted by molar-refractivity contribution is 0.102. The van der Waals surface area contributed by atoms with Crippen molar-refractivity contribution < 1.29 is 13.9 Å². The number of nitrogens with one attached hydrogen (secondary N) is 1. The standard InChI is InChI=1S/C21H14N4O3S/c1-27-20-17-18(14(10-22-20)12-5-3-2-4-6-12)29-21(24-17)25-19(26)13-7-8-16-15(9-13)23-11-28-16/h2-11H,1H3,(H,24,25,26). The van der Waals surface area contributed by atoms with Crippen molar-refractivity contribution in [2.24, 2.45) is 0 Å². The van der Waals surface area contributed by atoms with Crippen molar-refractivity contribution in [3.05, 3.63) is 66.7 Å². The molecule has 2 aromatic carbocycles. The summed E-state index contributed by atoms with van der Waals surface area (Å²) in [4.78, 5) is 25.7. The maximum atomic E-state index is 12.7. The van der Waals surface area contributed by atoms with Gasteiger partial charge in [-0.05, 0) is 23.8 Å². The van der Waals surface area contributed by atoms with Crippen LogP contribution < -0.4 is 10.1 Å². The molecule has 0 unspecified atom stereocenters. The Morgan fingerprint density at radius 3 is 2.83 bits per heavy atom. The van der Waals surface area contributed by atoms with E-state index in [4.69, 9.17) is 9.15 Å². The SMILES string of the molecule is COc1ncc(-c2ccccc2)c2sc(NC(=O)c3ccc4ocnc4c3)nc12. The zero-order valence-corrected chi connectivity index (χ0v) is 16.1. The van der Waals surface area contributed by atoms with Crippen molar-refractivity contribution in [1.82, 2.24) is 15.0 Å². The number of nitrogens with zero attached hydrogens (tertiary/aromatic N) is 3. The van der Waals surface area contributed by atoms with Crippen LogP contribution >= 0.6 is 11.3 Å². The fraction of sp³-hybridized carbons (Fsp3) is 0.0476. The molecule has 0 aliphatic rings. The quantitative estimate of drug-likeness (QED) is 0.466. The summed E-state index contributed by atoms with van der Waals surface area (Å²) < 4.78 is 11.5. The van der Waals surface area contributed by atoms with Crippen LogP contribution in [-0.4, -0.2) is 28.0 Å². The minimum Gasteiger partial charge on any atom is -0.479 e. The zero-order valence-electron chi connectivity index (χ0n) is 15.2.